The minimum Gasteiger partial charge on any atom is -0.493 e. The molecule has 93 heavy (non-hydrogen) atoms. The van der Waals surface area contributed by atoms with Crippen LogP contribution < -0.4 is 34.9 Å². The van der Waals surface area contributed by atoms with E-state index < -0.39 is 0 Å². The minimum absolute atomic E-state index is 0.0548. The topological polar surface area (TPSA) is 224 Å². The monoisotopic (exact) mass is 1250 g/mol. The van der Waals surface area contributed by atoms with Gasteiger partial charge in [0, 0.05) is 169 Å². The standard InChI is InChI=1S/C24H22FN5O2.C23H19FN6O2.C22H20FN5O/c1-14-13-30-23(29-14)19(16-5-7-26-17(10-16)9-15(2)31)11-27-24(30)28-12-20-18-6-8-32-22(18)4-3-21(20)25;1-13-12-30-21(29-13)16(14-8-19(25-2)22(31-3)26-9-14)10-27-23(30)28-11-17-15-6-7-32-20(15)5-4-18(17)24;1-13-7-15(9-24-8-13)17-10-25-22(28-12-14(2)27-21(17)28)26-11-18-16-5-6-29-20(16)4-3-19(18)23/h3-5,7,10-11,13H,6,8-9,12H2,1-2H3,(H,27,28);4-5,8-10,12H,6-7,11H2,1,3H3,(H,27,28);3-4,7-10,12H,5-6,11H2,1-2H3,(H,25,26). The third kappa shape index (κ3) is 12.3. The number of pyridine rings is 3. The van der Waals surface area contributed by atoms with E-state index in [9.17, 15) is 18.0 Å². The Labute approximate surface area is 531 Å². The number of carbonyl (C=O) groups is 1. The number of fused-ring (bicyclic) bond motifs is 6. The number of hydrogen-bond acceptors (Lipinski definition) is 17. The SMILES string of the molecule is CC(=O)Cc1cc(-c2cnc(NCc3c(F)ccc4c3CCO4)n3cc(C)nc23)ccn1.Cc1cncc(-c2cnc(NCc3c(F)ccc4c3CCO4)n3cc(C)nc23)c1.[C-]#[N+]c1cc(-c2cnc(NCc3c(F)ccc4c3CCO4)n3cc(C)nc23)cnc1OC. The summed E-state index contributed by atoms with van der Waals surface area (Å²) in [7, 11) is 1.48. The van der Waals surface area contributed by atoms with Gasteiger partial charge in [-0.05, 0) is 112 Å². The fraction of sp³-hybridized carbons (Fsp3) is 0.232. The van der Waals surface area contributed by atoms with Gasteiger partial charge >= 0.3 is 0 Å². The van der Waals surface area contributed by atoms with Gasteiger partial charge in [-0.3, -0.25) is 28.0 Å². The predicted octanol–water partition coefficient (Wildman–Crippen LogP) is 12.4. The molecule has 0 bridgehead atoms. The van der Waals surface area contributed by atoms with Crippen LogP contribution in [0.4, 0.5) is 36.7 Å². The quantitative estimate of drug-likeness (QED) is 0.0812. The van der Waals surface area contributed by atoms with Gasteiger partial charge in [0.05, 0.1) is 50.6 Å². The first-order valence-corrected chi connectivity index (χ1v) is 30.0. The lowest BCUT2D eigenvalue weighted by Gasteiger charge is -2.13. The minimum atomic E-state index is -0.271. The van der Waals surface area contributed by atoms with E-state index in [1.807, 2.05) is 84.0 Å². The number of methoxy groups -OCH3 is 1. The summed E-state index contributed by atoms with van der Waals surface area (Å²) >= 11 is 0. The normalized spacial score (nSPS) is 12.6. The van der Waals surface area contributed by atoms with Crippen LogP contribution in [0.1, 0.15) is 68.6 Å². The van der Waals surface area contributed by atoms with Crippen molar-refractivity contribution in [2.24, 2.45) is 0 Å². The molecule has 0 unspecified atom stereocenters. The van der Waals surface area contributed by atoms with Gasteiger partial charge < -0.3 is 34.9 Å². The fourth-order valence-corrected chi connectivity index (χ4v) is 11.8. The first kappa shape index (κ1) is 60.4. The van der Waals surface area contributed by atoms with Crippen molar-refractivity contribution in [3.05, 3.63) is 213 Å². The average molecular weight is 1250 g/mol. The number of ketones is 1. The summed E-state index contributed by atoms with van der Waals surface area (Å²) in [6, 6.07) is 16.9. The molecule has 0 atom stereocenters. The molecular weight excluding hydrogens is 1190 g/mol. The molecule has 3 aliphatic heterocycles. The highest BCUT2D eigenvalue weighted by atomic mass is 19.1. The number of Topliss-reactive ketones (excluding diaryl/α,β-unsaturated/α-hetero) is 1. The summed E-state index contributed by atoms with van der Waals surface area (Å²) < 4.78 is 70.9. The van der Waals surface area contributed by atoms with Gasteiger partial charge in [-0.2, -0.15) is 0 Å². The van der Waals surface area contributed by atoms with Crippen LogP contribution in [0.25, 0.3) is 55.2 Å². The Morgan fingerprint density at radius 3 is 1.42 bits per heavy atom. The number of rotatable bonds is 15. The number of nitrogens with one attached hydrogen (secondary N) is 3. The van der Waals surface area contributed by atoms with E-state index >= 15 is 0 Å². The van der Waals surface area contributed by atoms with E-state index in [-0.39, 0.29) is 48.6 Å². The number of halogens is 3. The summed E-state index contributed by atoms with van der Waals surface area (Å²) in [4.78, 5) is 55.5. The maximum absolute atomic E-state index is 14.5. The Hall–Kier alpha value is -11.5. The zero-order valence-corrected chi connectivity index (χ0v) is 51.6. The van der Waals surface area contributed by atoms with Crippen molar-refractivity contribution < 1.29 is 36.9 Å². The summed E-state index contributed by atoms with van der Waals surface area (Å²) in [5.41, 5.74) is 16.3. The van der Waals surface area contributed by atoms with Crippen LogP contribution >= 0.6 is 0 Å². The molecule has 3 aromatic carbocycles. The Bertz CT molecular complexity index is 4940. The Morgan fingerprint density at radius 1 is 0.559 bits per heavy atom. The van der Waals surface area contributed by atoms with Gasteiger partial charge in [-0.15, -0.1) is 0 Å². The van der Waals surface area contributed by atoms with E-state index in [1.165, 1.54) is 25.3 Å². The molecule has 0 radical (unpaired) electrons. The molecule has 0 saturated carbocycles. The first-order chi connectivity index (χ1) is 45.2. The molecule has 0 fully saturated rings. The Morgan fingerprint density at radius 2 is 1.00 bits per heavy atom. The predicted molar refractivity (Wildman–Crippen MR) is 344 cm³/mol. The third-order valence-electron chi connectivity index (χ3n) is 16.1. The van der Waals surface area contributed by atoms with Crippen molar-refractivity contribution in [3.63, 3.8) is 0 Å². The molecule has 21 nitrogen and oxygen atoms in total. The second-order valence-corrected chi connectivity index (χ2v) is 22.6. The second kappa shape index (κ2) is 25.8. The summed E-state index contributed by atoms with van der Waals surface area (Å²) in [6.07, 6.45) is 20.2. The van der Waals surface area contributed by atoms with Crippen LogP contribution in [0.3, 0.4) is 0 Å². The Balaban J connectivity index is 0.000000127. The lowest BCUT2D eigenvalue weighted by Crippen LogP contribution is -2.09. The number of hydrogen-bond donors (Lipinski definition) is 3. The number of aryl methyl sites for hydroxylation is 4. The largest absolute Gasteiger partial charge is 0.493 e. The van der Waals surface area contributed by atoms with Gasteiger partial charge in [0.1, 0.15) is 57.4 Å². The molecule has 3 aliphatic rings. The molecule has 0 saturated heterocycles. The fourth-order valence-electron chi connectivity index (χ4n) is 11.8. The number of nitrogens with zero attached hydrogens (tertiary/aromatic N) is 13. The molecule has 0 spiro atoms. The smallest absolute Gasteiger partial charge is 0.247 e. The van der Waals surface area contributed by atoms with Crippen molar-refractivity contribution in [3.8, 4) is 56.5 Å². The maximum Gasteiger partial charge on any atom is 0.247 e. The van der Waals surface area contributed by atoms with E-state index in [0.29, 0.717) is 96.3 Å². The highest BCUT2D eigenvalue weighted by molar-refractivity contribution is 5.82. The van der Waals surface area contributed by atoms with Gasteiger partial charge in [0.15, 0.2) is 0 Å². The number of aromatic nitrogens is 12. The van der Waals surface area contributed by atoms with Gasteiger partial charge in [-0.25, -0.2) is 52.9 Å². The van der Waals surface area contributed by atoms with Crippen molar-refractivity contribution in [1.29, 1.82) is 0 Å². The lowest BCUT2D eigenvalue weighted by atomic mass is 10.0. The lowest BCUT2D eigenvalue weighted by molar-refractivity contribution is -0.116. The van der Waals surface area contributed by atoms with Crippen molar-refractivity contribution >= 4 is 46.3 Å². The summed E-state index contributed by atoms with van der Waals surface area (Å²) in [6.45, 7) is 19.3. The number of imidazole rings is 3. The number of benzene rings is 3. The highest BCUT2D eigenvalue weighted by Crippen LogP contribution is 2.37. The third-order valence-corrected chi connectivity index (χ3v) is 16.1. The Kier molecular flexibility index (Phi) is 16.8. The van der Waals surface area contributed by atoms with E-state index in [2.05, 4.69) is 71.7 Å². The maximum atomic E-state index is 14.5. The van der Waals surface area contributed by atoms with Crippen molar-refractivity contribution in [1.82, 2.24) is 58.1 Å². The second-order valence-electron chi connectivity index (χ2n) is 22.6. The molecule has 12 aromatic rings. The van der Waals surface area contributed by atoms with Gasteiger partial charge in [0.25, 0.3) is 0 Å². The zero-order chi connectivity index (χ0) is 64.4. The van der Waals surface area contributed by atoms with Crippen LogP contribution in [0.2, 0.25) is 0 Å². The van der Waals surface area contributed by atoms with Crippen LogP contribution in [0, 0.1) is 51.7 Å². The average Bonchev–Trinajstić information content (AvgIpc) is 1.83. The van der Waals surface area contributed by atoms with Crippen LogP contribution in [-0.4, -0.2) is 90.8 Å². The van der Waals surface area contributed by atoms with E-state index in [4.69, 9.17) is 25.5 Å². The molecule has 3 N–H and O–H groups in total. The van der Waals surface area contributed by atoms with Crippen LogP contribution in [0.15, 0.2) is 123 Å². The van der Waals surface area contributed by atoms with Gasteiger partial charge in [0.2, 0.25) is 29.4 Å². The number of anilines is 3. The summed E-state index contributed by atoms with van der Waals surface area (Å²) in [5.74, 6) is 3.52. The molecule has 468 valence electrons. The van der Waals surface area contributed by atoms with Crippen LogP contribution in [0.5, 0.6) is 23.1 Å². The molecular formula is C69H61F3N16O5. The molecule has 0 amide bonds. The molecule has 24 heteroatoms. The molecule has 0 aliphatic carbocycles. The van der Waals surface area contributed by atoms with Gasteiger partial charge in [-0.1, -0.05) is 0 Å². The zero-order valence-electron chi connectivity index (χ0n) is 51.6. The van der Waals surface area contributed by atoms with Crippen molar-refractivity contribution in [2.75, 3.05) is 42.9 Å². The van der Waals surface area contributed by atoms with E-state index in [1.54, 1.807) is 62.2 Å². The molecule has 15 rings (SSSR count). The molecule has 12 heterocycles. The van der Waals surface area contributed by atoms with Crippen molar-refractivity contribution in [2.45, 2.75) is 79.9 Å². The van der Waals surface area contributed by atoms with Crippen LogP contribution in [-0.2, 0) is 50.1 Å². The first-order valence-electron chi connectivity index (χ1n) is 30.0. The molecule has 9 aromatic heterocycles. The van der Waals surface area contributed by atoms with E-state index in [0.717, 1.165) is 102 Å². The highest BCUT2D eigenvalue weighted by Gasteiger charge is 2.25. The number of carbonyl (C=O) groups excluding carboxylic acids is 1. The number of ether oxygens (including phenoxy) is 4. The summed E-state index contributed by atoms with van der Waals surface area (Å²) in [5, 5.41) is 9.78.